The lowest BCUT2D eigenvalue weighted by atomic mass is 9.99. The van der Waals surface area contributed by atoms with Crippen molar-refractivity contribution >= 4 is 32.5 Å². The number of likely N-dealkylation sites (tertiary alicyclic amines) is 1. The maximum absolute atomic E-state index is 4.74. The van der Waals surface area contributed by atoms with Crippen LogP contribution in [0.15, 0.2) is 60.9 Å². The van der Waals surface area contributed by atoms with Crippen LogP contribution >= 0.6 is 11.3 Å². The largest absolute Gasteiger partial charge is 0.316 e. The molecule has 3 heterocycles. The lowest BCUT2D eigenvalue weighted by Gasteiger charge is -2.30. The van der Waals surface area contributed by atoms with Gasteiger partial charge in [0.25, 0.3) is 0 Å². The lowest BCUT2D eigenvalue weighted by Crippen LogP contribution is -2.32. The second-order valence-corrected chi connectivity index (χ2v) is 9.09. The molecule has 0 saturated carbocycles. The molecule has 2 aromatic heterocycles. The molecule has 2 aromatic carbocycles. The first-order chi connectivity index (χ1) is 14.7. The highest BCUT2D eigenvalue weighted by atomic mass is 32.1. The summed E-state index contributed by atoms with van der Waals surface area (Å²) in [6, 6.07) is 18.7. The van der Waals surface area contributed by atoms with Gasteiger partial charge in [-0.15, -0.1) is 0 Å². The van der Waals surface area contributed by atoms with Crippen molar-refractivity contribution in [2.75, 3.05) is 18.4 Å². The zero-order valence-electron chi connectivity index (χ0n) is 17.1. The Hall–Kier alpha value is -2.83. The van der Waals surface area contributed by atoms with E-state index in [-0.39, 0.29) is 0 Å². The van der Waals surface area contributed by atoms with Gasteiger partial charge in [-0.3, -0.25) is 4.90 Å². The van der Waals surface area contributed by atoms with Gasteiger partial charge in [0.05, 0.1) is 15.9 Å². The molecular weight excluding hydrogens is 390 g/mol. The predicted octanol–water partition coefficient (Wildman–Crippen LogP) is 5.73. The van der Waals surface area contributed by atoms with E-state index >= 15 is 0 Å². The van der Waals surface area contributed by atoms with Crippen molar-refractivity contribution in [2.45, 2.75) is 26.3 Å². The highest BCUT2D eigenvalue weighted by Gasteiger charge is 2.16. The Balaban J connectivity index is 1.32. The van der Waals surface area contributed by atoms with Gasteiger partial charge in [0.15, 0.2) is 5.13 Å². The number of fused-ring (bicyclic) bond motifs is 1. The Morgan fingerprint density at radius 3 is 2.70 bits per heavy atom. The van der Waals surface area contributed by atoms with E-state index < -0.39 is 0 Å². The van der Waals surface area contributed by atoms with Crippen LogP contribution in [-0.2, 0) is 6.54 Å². The molecule has 5 rings (SSSR count). The molecule has 0 bridgehead atoms. The predicted molar refractivity (Wildman–Crippen MR) is 124 cm³/mol. The summed E-state index contributed by atoms with van der Waals surface area (Å²) in [5.74, 6) is 1.62. The van der Waals surface area contributed by atoms with Crippen LogP contribution in [0.25, 0.3) is 21.5 Å². The van der Waals surface area contributed by atoms with Gasteiger partial charge in [0.1, 0.15) is 12.1 Å². The Bertz CT molecular complexity index is 1130. The lowest BCUT2D eigenvalue weighted by molar-refractivity contribution is 0.185. The second-order valence-electron chi connectivity index (χ2n) is 8.06. The van der Waals surface area contributed by atoms with Crippen molar-refractivity contribution in [1.82, 2.24) is 19.9 Å². The number of rotatable bonds is 5. The van der Waals surface area contributed by atoms with Crippen molar-refractivity contribution in [1.29, 1.82) is 0 Å². The van der Waals surface area contributed by atoms with Crippen LogP contribution in [0.5, 0.6) is 0 Å². The molecule has 0 amide bonds. The van der Waals surface area contributed by atoms with E-state index in [2.05, 4.69) is 45.3 Å². The fraction of sp³-hybridized carbons (Fsp3) is 0.292. The van der Waals surface area contributed by atoms with Gasteiger partial charge in [0, 0.05) is 18.2 Å². The maximum Gasteiger partial charge on any atom is 0.189 e. The minimum absolute atomic E-state index is 0.755. The highest BCUT2D eigenvalue weighted by Crippen LogP contribution is 2.30. The molecule has 0 radical (unpaired) electrons. The monoisotopic (exact) mass is 415 g/mol. The van der Waals surface area contributed by atoms with Crippen molar-refractivity contribution in [3.05, 3.63) is 66.5 Å². The number of aromatic nitrogens is 3. The number of nitrogens with one attached hydrogen (secondary N) is 1. The smallest absolute Gasteiger partial charge is 0.189 e. The topological polar surface area (TPSA) is 53.9 Å². The first-order valence-corrected chi connectivity index (χ1v) is 11.3. The standard InChI is InChI=1S/C24H25N5S/c1-17-9-11-29(12-10-17)15-18-7-8-20-22(13-18)30-24(27-20)28-23-14-21(25-16-26-23)19-5-3-2-4-6-19/h2-8,13-14,16-17H,9-12,15H2,1H3,(H,25,26,27,28). The quantitative estimate of drug-likeness (QED) is 0.451. The molecule has 0 aliphatic carbocycles. The molecule has 1 saturated heterocycles. The van der Waals surface area contributed by atoms with Gasteiger partial charge >= 0.3 is 0 Å². The zero-order chi connectivity index (χ0) is 20.3. The summed E-state index contributed by atoms with van der Waals surface area (Å²) in [6.45, 7) is 5.78. The minimum Gasteiger partial charge on any atom is -0.316 e. The number of hydrogen-bond acceptors (Lipinski definition) is 6. The van der Waals surface area contributed by atoms with Gasteiger partial charge in [0.2, 0.25) is 0 Å². The number of nitrogens with zero attached hydrogens (tertiary/aromatic N) is 4. The third-order valence-corrected chi connectivity index (χ3v) is 6.64. The van der Waals surface area contributed by atoms with Crippen LogP contribution < -0.4 is 5.32 Å². The van der Waals surface area contributed by atoms with E-state index in [0.29, 0.717) is 0 Å². The van der Waals surface area contributed by atoms with Crippen LogP contribution in [0.2, 0.25) is 0 Å². The van der Waals surface area contributed by atoms with E-state index in [1.165, 1.54) is 36.2 Å². The number of anilines is 2. The Labute approximate surface area is 180 Å². The van der Waals surface area contributed by atoms with Crippen molar-refractivity contribution < 1.29 is 0 Å². The van der Waals surface area contributed by atoms with Crippen LogP contribution in [0.1, 0.15) is 25.3 Å². The summed E-state index contributed by atoms with van der Waals surface area (Å²) in [7, 11) is 0. The summed E-state index contributed by atoms with van der Waals surface area (Å²) in [4.78, 5) is 16.1. The second kappa shape index (κ2) is 8.50. The summed E-state index contributed by atoms with van der Waals surface area (Å²) in [5, 5.41) is 4.21. The molecule has 152 valence electrons. The third kappa shape index (κ3) is 4.35. The zero-order valence-corrected chi connectivity index (χ0v) is 17.9. The molecule has 6 heteroatoms. The summed E-state index contributed by atoms with van der Waals surface area (Å²) >= 11 is 1.67. The molecular formula is C24H25N5S. The van der Waals surface area contributed by atoms with Crippen LogP contribution in [-0.4, -0.2) is 32.9 Å². The Kier molecular flexibility index (Phi) is 5.43. The highest BCUT2D eigenvalue weighted by molar-refractivity contribution is 7.22. The first kappa shape index (κ1) is 19.2. The molecule has 5 nitrogen and oxygen atoms in total. The fourth-order valence-electron chi connectivity index (χ4n) is 3.90. The fourth-order valence-corrected chi connectivity index (χ4v) is 4.84. The van der Waals surface area contributed by atoms with E-state index in [4.69, 9.17) is 4.98 Å². The minimum atomic E-state index is 0.755. The van der Waals surface area contributed by atoms with Gasteiger partial charge in [-0.05, 0) is 49.5 Å². The van der Waals surface area contributed by atoms with Crippen molar-refractivity contribution in [3.8, 4) is 11.3 Å². The van der Waals surface area contributed by atoms with Crippen molar-refractivity contribution in [2.24, 2.45) is 5.92 Å². The maximum atomic E-state index is 4.74. The molecule has 0 spiro atoms. The molecule has 30 heavy (non-hydrogen) atoms. The van der Waals surface area contributed by atoms with Gasteiger partial charge < -0.3 is 5.32 Å². The number of piperidine rings is 1. The van der Waals surface area contributed by atoms with Crippen LogP contribution in [0.4, 0.5) is 10.9 Å². The average Bonchev–Trinajstić information content (AvgIpc) is 3.18. The van der Waals surface area contributed by atoms with Crippen LogP contribution in [0.3, 0.4) is 0 Å². The van der Waals surface area contributed by atoms with E-state index in [9.17, 15) is 0 Å². The van der Waals surface area contributed by atoms with E-state index in [0.717, 1.165) is 40.2 Å². The number of benzene rings is 2. The Morgan fingerprint density at radius 1 is 1.03 bits per heavy atom. The summed E-state index contributed by atoms with van der Waals surface area (Å²) in [5.41, 5.74) is 4.35. The Morgan fingerprint density at radius 2 is 1.87 bits per heavy atom. The SMILES string of the molecule is CC1CCN(Cc2ccc3nc(Nc4cc(-c5ccccc5)ncn4)sc3c2)CC1. The summed E-state index contributed by atoms with van der Waals surface area (Å²) < 4.78 is 1.21. The summed E-state index contributed by atoms with van der Waals surface area (Å²) in [6.07, 6.45) is 4.21. The molecule has 0 unspecified atom stereocenters. The number of thiazole rings is 1. The van der Waals surface area contributed by atoms with Gasteiger partial charge in [-0.2, -0.15) is 0 Å². The van der Waals surface area contributed by atoms with Crippen molar-refractivity contribution in [3.63, 3.8) is 0 Å². The van der Waals surface area contributed by atoms with E-state index in [1.807, 2.05) is 36.4 Å². The molecule has 4 aromatic rings. The third-order valence-electron chi connectivity index (χ3n) is 5.71. The molecule has 1 N–H and O–H groups in total. The van der Waals surface area contributed by atoms with Crippen LogP contribution in [0, 0.1) is 5.92 Å². The molecule has 0 atom stereocenters. The molecule has 1 aliphatic heterocycles. The number of hydrogen-bond donors (Lipinski definition) is 1. The molecule has 1 fully saturated rings. The normalized spacial score (nSPS) is 15.5. The average molecular weight is 416 g/mol. The molecule has 1 aliphatic rings. The van der Waals surface area contributed by atoms with Gasteiger partial charge in [-0.25, -0.2) is 15.0 Å². The van der Waals surface area contributed by atoms with Gasteiger partial charge in [-0.1, -0.05) is 54.7 Å². The van der Waals surface area contributed by atoms with E-state index in [1.54, 1.807) is 17.7 Å². The first-order valence-electron chi connectivity index (χ1n) is 10.5.